The van der Waals surface area contributed by atoms with Gasteiger partial charge < -0.3 is 19.0 Å². The summed E-state index contributed by atoms with van der Waals surface area (Å²) in [5, 5.41) is -0.226. The molecule has 0 aliphatic carbocycles. The Balaban J connectivity index is 2.23. The van der Waals surface area contributed by atoms with E-state index in [4.69, 9.17) is 37.4 Å². The smallest absolute Gasteiger partial charge is 0.416 e. The third-order valence-corrected chi connectivity index (χ3v) is 4.06. The summed E-state index contributed by atoms with van der Waals surface area (Å²) in [6, 6.07) is 6.56. The highest BCUT2D eigenvalue weighted by Gasteiger charge is 2.31. The van der Waals surface area contributed by atoms with Gasteiger partial charge >= 0.3 is 12.1 Å². The van der Waals surface area contributed by atoms with Crippen molar-refractivity contribution in [3.63, 3.8) is 0 Å². The van der Waals surface area contributed by atoms with E-state index >= 15 is 0 Å². The molecule has 2 rings (SSSR count). The fourth-order valence-electron chi connectivity index (χ4n) is 2.07. The molecule has 0 N–H and O–H groups in total. The predicted octanol–water partition coefficient (Wildman–Crippen LogP) is 5.52. The van der Waals surface area contributed by atoms with Gasteiger partial charge in [0.2, 0.25) is 6.29 Å². The van der Waals surface area contributed by atoms with Crippen molar-refractivity contribution in [3.05, 3.63) is 57.6 Å². The van der Waals surface area contributed by atoms with Crippen molar-refractivity contribution < 1.29 is 37.0 Å². The SMILES string of the molecule is CO[C@H](CC=O)OC(=O)c1cc(Oc2ccc(C(F)(F)F)cc2Cl)ccc1Cl. The van der Waals surface area contributed by atoms with Crippen LogP contribution in [0.2, 0.25) is 10.0 Å². The second-order valence-electron chi connectivity index (χ2n) is 5.36. The Labute approximate surface area is 167 Å². The van der Waals surface area contributed by atoms with E-state index in [0.717, 1.165) is 18.2 Å². The zero-order chi connectivity index (χ0) is 20.9. The molecule has 0 unspecified atom stereocenters. The van der Waals surface area contributed by atoms with Gasteiger partial charge in [0, 0.05) is 7.11 Å². The third-order valence-electron chi connectivity index (χ3n) is 3.43. The highest BCUT2D eigenvalue weighted by Crippen LogP contribution is 2.37. The summed E-state index contributed by atoms with van der Waals surface area (Å²) in [5.41, 5.74) is -1.01. The van der Waals surface area contributed by atoms with Crippen LogP contribution >= 0.6 is 23.2 Å². The van der Waals surface area contributed by atoms with Crippen LogP contribution in [-0.2, 0) is 20.4 Å². The van der Waals surface area contributed by atoms with Crippen LogP contribution in [0.3, 0.4) is 0 Å². The minimum absolute atomic E-state index is 0.0387. The molecule has 10 heteroatoms. The molecule has 0 saturated heterocycles. The number of benzene rings is 2. The molecule has 0 spiro atoms. The van der Waals surface area contributed by atoms with Crippen LogP contribution in [0.15, 0.2) is 36.4 Å². The average molecular weight is 437 g/mol. The first-order valence-electron chi connectivity index (χ1n) is 7.67. The first-order chi connectivity index (χ1) is 13.2. The number of hydrogen-bond donors (Lipinski definition) is 0. The van der Waals surface area contributed by atoms with E-state index in [1.54, 1.807) is 0 Å². The number of aldehydes is 1. The van der Waals surface area contributed by atoms with Gasteiger partial charge in [0.1, 0.15) is 17.8 Å². The lowest BCUT2D eigenvalue weighted by atomic mass is 10.2. The molecular formula is C18H13Cl2F3O5. The lowest BCUT2D eigenvalue weighted by Gasteiger charge is -2.15. The number of rotatable bonds is 7. The maximum Gasteiger partial charge on any atom is 0.416 e. The van der Waals surface area contributed by atoms with Crippen LogP contribution in [0.25, 0.3) is 0 Å². The molecule has 0 fully saturated rings. The zero-order valence-electron chi connectivity index (χ0n) is 14.3. The normalized spacial score (nSPS) is 12.4. The summed E-state index contributed by atoms with van der Waals surface area (Å²) in [6.07, 6.45) is -5.28. The fourth-order valence-corrected chi connectivity index (χ4v) is 2.48. The molecule has 0 aliphatic rings. The Kier molecular flexibility index (Phi) is 7.29. The van der Waals surface area contributed by atoms with Gasteiger partial charge in [0.15, 0.2) is 0 Å². The molecular weight excluding hydrogens is 424 g/mol. The van der Waals surface area contributed by atoms with Gasteiger partial charge in [-0.25, -0.2) is 4.79 Å². The summed E-state index contributed by atoms with van der Waals surface area (Å²) in [7, 11) is 1.26. The third kappa shape index (κ3) is 5.60. The number of hydrogen-bond acceptors (Lipinski definition) is 5. The minimum atomic E-state index is -4.54. The highest BCUT2D eigenvalue weighted by molar-refractivity contribution is 6.33. The minimum Gasteiger partial charge on any atom is -0.456 e. The predicted molar refractivity (Wildman–Crippen MR) is 94.9 cm³/mol. The van der Waals surface area contributed by atoms with Crippen molar-refractivity contribution in [2.45, 2.75) is 18.9 Å². The Bertz CT molecular complexity index is 871. The van der Waals surface area contributed by atoms with Crippen molar-refractivity contribution in [2.24, 2.45) is 0 Å². The van der Waals surface area contributed by atoms with E-state index in [9.17, 15) is 22.8 Å². The fraction of sp³-hybridized carbons (Fsp3) is 0.222. The number of halogens is 5. The first-order valence-corrected chi connectivity index (χ1v) is 8.43. The lowest BCUT2D eigenvalue weighted by molar-refractivity contribution is -0.137. The van der Waals surface area contributed by atoms with Crippen molar-refractivity contribution in [3.8, 4) is 11.5 Å². The number of carbonyl (C=O) groups is 2. The largest absolute Gasteiger partial charge is 0.456 e. The van der Waals surface area contributed by atoms with Crippen LogP contribution in [0.1, 0.15) is 22.3 Å². The number of carbonyl (C=O) groups excluding carboxylic acids is 2. The molecule has 0 radical (unpaired) electrons. The molecule has 150 valence electrons. The highest BCUT2D eigenvalue weighted by atomic mass is 35.5. The van der Waals surface area contributed by atoms with Gasteiger partial charge in [-0.2, -0.15) is 13.2 Å². The van der Waals surface area contributed by atoms with E-state index < -0.39 is 24.0 Å². The average Bonchev–Trinajstić information content (AvgIpc) is 2.63. The summed E-state index contributed by atoms with van der Waals surface area (Å²) < 4.78 is 53.4. The topological polar surface area (TPSA) is 61.8 Å². The standard InChI is InChI=1S/C18H13Cl2F3O5/c1-26-16(6-7-24)28-17(25)12-9-11(3-4-13(12)19)27-15-5-2-10(8-14(15)20)18(21,22)23/h2-5,7-9,16H,6H2,1H3/t16-/m0/s1. The summed E-state index contributed by atoms with van der Waals surface area (Å²) in [5.74, 6) is -0.836. The molecule has 2 aromatic rings. The number of ether oxygens (including phenoxy) is 3. The molecule has 0 aromatic heterocycles. The van der Waals surface area contributed by atoms with E-state index in [1.165, 1.54) is 25.3 Å². The van der Waals surface area contributed by atoms with E-state index in [2.05, 4.69) is 0 Å². The summed E-state index contributed by atoms with van der Waals surface area (Å²) in [6.45, 7) is 0. The molecule has 0 amide bonds. The lowest BCUT2D eigenvalue weighted by Crippen LogP contribution is -2.20. The maximum atomic E-state index is 12.7. The Hall–Kier alpha value is -2.29. The van der Waals surface area contributed by atoms with Crippen LogP contribution in [0.4, 0.5) is 13.2 Å². The monoisotopic (exact) mass is 436 g/mol. The van der Waals surface area contributed by atoms with E-state index in [-0.39, 0.29) is 33.5 Å². The summed E-state index contributed by atoms with van der Waals surface area (Å²) >= 11 is 11.8. The van der Waals surface area contributed by atoms with Gasteiger partial charge in [0.25, 0.3) is 0 Å². The number of alkyl halides is 3. The van der Waals surface area contributed by atoms with Crippen LogP contribution in [0.5, 0.6) is 11.5 Å². The number of methoxy groups -OCH3 is 1. The molecule has 2 aromatic carbocycles. The van der Waals surface area contributed by atoms with Gasteiger partial charge in [-0.05, 0) is 36.4 Å². The molecule has 1 atom stereocenters. The molecule has 0 heterocycles. The van der Waals surface area contributed by atoms with Crippen molar-refractivity contribution in [1.29, 1.82) is 0 Å². The van der Waals surface area contributed by atoms with Crippen molar-refractivity contribution in [1.82, 2.24) is 0 Å². The Morgan fingerprint density at radius 3 is 2.43 bits per heavy atom. The molecule has 0 bridgehead atoms. The van der Waals surface area contributed by atoms with Gasteiger partial charge in [-0.3, -0.25) is 0 Å². The molecule has 0 aliphatic heterocycles. The zero-order valence-corrected chi connectivity index (χ0v) is 15.8. The van der Waals surface area contributed by atoms with Crippen LogP contribution < -0.4 is 4.74 Å². The van der Waals surface area contributed by atoms with Crippen LogP contribution in [0, 0.1) is 0 Å². The maximum absolute atomic E-state index is 12.7. The number of esters is 1. The van der Waals surface area contributed by atoms with E-state index in [1.807, 2.05) is 0 Å². The van der Waals surface area contributed by atoms with Crippen LogP contribution in [-0.4, -0.2) is 25.7 Å². The van der Waals surface area contributed by atoms with Crippen molar-refractivity contribution >= 4 is 35.5 Å². The Morgan fingerprint density at radius 1 is 1.14 bits per heavy atom. The van der Waals surface area contributed by atoms with Crippen molar-refractivity contribution in [2.75, 3.05) is 7.11 Å². The van der Waals surface area contributed by atoms with Gasteiger partial charge in [-0.15, -0.1) is 0 Å². The van der Waals surface area contributed by atoms with Gasteiger partial charge in [0.05, 0.1) is 27.6 Å². The van der Waals surface area contributed by atoms with E-state index in [0.29, 0.717) is 6.29 Å². The molecule has 28 heavy (non-hydrogen) atoms. The first kappa shape index (κ1) is 22.0. The molecule has 5 nitrogen and oxygen atoms in total. The summed E-state index contributed by atoms with van der Waals surface area (Å²) in [4.78, 5) is 22.8. The molecule has 0 saturated carbocycles. The quantitative estimate of drug-likeness (QED) is 0.324. The Morgan fingerprint density at radius 2 is 1.86 bits per heavy atom. The second-order valence-corrected chi connectivity index (χ2v) is 6.17. The second kappa shape index (κ2) is 9.27. The van der Waals surface area contributed by atoms with Gasteiger partial charge in [-0.1, -0.05) is 23.2 Å².